The number of hydrogen-bond donors (Lipinski definition) is 0. The number of amides is 1. The number of carbonyl (C=O) groups is 1. The number of imidazole rings is 1. The molecular formula is C19H25N3O2. The molecule has 1 amide bonds. The summed E-state index contributed by atoms with van der Waals surface area (Å²) >= 11 is 0. The summed E-state index contributed by atoms with van der Waals surface area (Å²) in [5.74, 6) is 3.17. The molecule has 1 saturated heterocycles. The normalized spacial score (nSPS) is 26.8. The summed E-state index contributed by atoms with van der Waals surface area (Å²) in [5.41, 5.74) is 0. The molecule has 3 atom stereocenters. The highest BCUT2D eigenvalue weighted by molar-refractivity contribution is 5.83. The fourth-order valence-electron chi connectivity index (χ4n) is 3.98. The molecule has 5 heteroatoms. The Labute approximate surface area is 142 Å². The van der Waals surface area contributed by atoms with E-state index in [0.717, 1.165) is 43.9 Å². The molecule has 1 aliphatic carbocycles. The van der Waals surface area contributed by atoms with Gasteiger partial charge in [0.05, 0.1) is 12.3 Å². The Hall–Kier alpha value is -2.04. The van der Waals surface area contributed by atoms with Gasteiger partial charge in [0.1, 0.15) is 11.6 Å². The van der Waals surface area contributed by atoms with Crippen LogP contribution in [0.4, 0.5) is 0 Å². The molecule has 24 heavy (non-hydrogen) atoms. The van der Waals surface area contributed by atoms with Gasteiger partial charge in [-0.2, -0.15) is 0 Å². The Kier molecular flexibility index (Phi) is 3.94. The molecule has 2 aromatic rings. The van der Waals surface area contributed by atoms with Crippen molar-refractivity contribution in [2.45, 2.75) is 51.0 Å². The second kappa shape index (κ2) is 6.11. The second-order valence-corrected chi connectivity index (χ2v) is 7.39. The van der Waals surface area contributed by atoms with Crippen molar-refractivity contribution in [3.05, 3.63) is 42.4 Å². The number of likely N-dealkylation sites (tertiary alicyclic amines) is 1. The summed E-state index contributed by atoms with van der Waals surface area (Å²) in [6.45, 7) is 6.02. The third-order valence-corrected chi connectivity index (χ3v) is 5.33. The highest BCUT2D eigenvalue weighted by atomic mass is 16.3. The SMILES string of the molecule is CC(C)c1nccn1[C@@H]1CCCN(C(=O)[C@@H]2C[C@@H]2c2ccco2)C1. The van der Waals surface area contributed by atoms with E-state index in [9.17, 15) is 4.79 Å². The third kappa shape index (κ3) is 2.76. The second-order valence-electron chi connectivity index (χ2n) is 7.39. The molecule has 2 aliphatic rings. The summed E-state index contributed by atoms with van der Waals surface area (Å²) in [5, 5.41) is 0. The first-order valence-corrected chi connectivity index (χ1v) is 9.00. The molecule has 3 heterocycles. The molecule has 0 radical (unpaired) electrons. The van der Waals surface area contributed by atoms with Crippen molar-refractivity contribution in [3.63, 3.8) is 0 Å². The van der Waals surface area contributed by atoms with Crippen molar-refractivity contribution in [2.24, 2.45) is 5.92 Å². The van der Waals surface area contributed by atoms with Crippen molar-refractivity contribution < 1.29 is 9.21 Å². The lowest BCUT2D eigenvalue weighted by molar-refractivity contribution is -0.134. The molecule has 0 aromatic carbocycles. The van der Waals surface area contributed by atoms with Gasteiger partial charge in [0.2, 0.25) is 5.91 Å². The van der Waals surface area contributed by atoms with Gasteiger partial charge in [0.25, 0.3) is 0 Å². The first-order chi connectivity index (χ1) is 11.6. The van der Waals surface area contributed by atoms with E-state index >= 15 is 0 Å². The topological polar surface area (TPSA) is 51.3 Å². The van der Waals surface area contributed by atoms with Crippen LogP contribution in [-0.4, -0.2) is 33.4 Å². The van der Waals surface area contributed by atoms with E-state index in [2.05, 4.69) is 34.5 Å². The fraction of sp³-hybridized carbons (Fsp3) is 0.579. The lowest BCUT2D eigenvalue weighted by Gasteiger charge is -2.34. The summed E-state index contributed by atoms with van der Waals surface area (Å²) in [7, 11) is 0. The number of furan rings is 1. The Morgan fingerprint density at radius 1 is 1.42 bits per heavy atom. The molecule has 4 rings (SSSR count). The minimum atomic E-state index is 0.113. The van der Waals surface area contributed by atoms with Crippen molar-refractivity contribution in [1.29, 1.82) is 0 Å². The van der Waals surface area contributed by atoms with Gasteiger partial charge < -0.3 is 13.9 Å². The largest absolute Gasteiger partial charge is 0.469 e. The lowest BCUT2D eigenvalue weighted by Crippen LogP contribution is -2.42. The predicted octanol–water partition coefficient (Wildman–Crippen LogP) is 3.57. The zero-order chi connectivity index (χ0) is 16.7. The summed E-state index contributed by atoms with van der Waals surface area (Å²) in [4.78, 5) is 19.4. The van der Waals surface area contributed by atoms with Crippen LogP contribution in [0.2, 0.25) is 0 Å². The van der Waals surface area contributed by atoms with Gasteiger partial charge in [-0.1, -0.05) is 13.8 Å². The van der Waals surface area contributed by atoms with Crippen LogP contribution in [0.1, 0.15) is 62.6 Å². The first kappa shape index (κ1) is 15.5. The average Bonchev–Trinajstić information content (AvgIpc) is 3.03. The Morgan fingerprint density at radius 2 is 2.29 bits per heavy atom. The molecule has 5 nitrogen and oxygen atoms in total. The zero-order valence-electron chi connectivity index (χ0n) is 14.4. The maximum absolute atomic E-state index is 12.9. The van der Waals surface area contributed by atoms with Crippen LogP contribution in [0.25, 0.3) is 0 Å². The van der Waals surface area contributed by atoms with E-state index in [-0.39, 0.29) is 11.8 Å². The Bertz CT molecular complexity index is 704. The maximum atomic E-state index is 12.9. The standard InChI is InChI=1S/C19H25N3O2/c1-13(2)18-20-7-9-22(18)14-5-3-8-21(12-14)19(23)16-11-15(16)17-6-4-10-24-17/h4,6-7,9-10,13-16H,3,5,8,11-12H2,1-2H3/t14-,15+,16-/m1/s1. The molecule has 1 saturated carbocycles. The van der Waals surface area contributed by atoms with Crippen molar-refractivity contribution in [2.75, 3.05) is 13.1 Å². The van der Waals surface area contributed by atoms with Crippen LogP contribution >= 0.6 is 0 Å². The molecule has 2 fully saturated rings. The smallest absolute Gasteiger partial charge is 0.226 e. The van der Waals surface area contributed by atoms with Crippen LogP contribution in [-0.2, 0) is 4.79 Å². The number of nitrogens with zero attached hydrogens (tertiary/aromatic N) is 3. The van der Waals surface area contributed by atoms with E-state index in [1.165, 1.54) is 0 Å². The monoisotopic (exact) mass is 327 g/mol. The van der Waals surface area contributed by atoms with E-state index < -0.39 is 0 Å². The summed E-state index contributed by atoms with van der Waals surface area (Å²) in [6, 6.07) is 4.24. The minimum Gasteiger partial charge on any atom is -0.469 e. The summed E-state index contributed by atoms with van der Waals surface area (Å²) < 4.78 is 7.74. The van der Waals surface area contributed by atoms with E-state index in [1.54, 1.807) is 6.26 Å². The molecule has 128 valence electrons. The summed E-state index contributed by atoms with van der Waals surface area (Å²) in [6.07, 6.45) is 8.74. The van der Waals surface area contributed by atoms with Crippen LogP contribution in [0.15, 0.2) is 35.2 Å². The molecule has 0 spiro atoms. The van der Waals surface area contributed by atoms with E-state index in [1.807, 2.05) is 18.3 Å². The van der Waals surface area contributed by atoms with E-state index in [0.29, 0.717) is 17.9 Å². The predicted molar refractivity (Wildman–Crippen MR) is 90.7 cm³/mol. The Morgan fingerprint density at radius 3 is 3.04 bits per heavy atom. The van der Waals surface area contributed by atoms with Gasteiger partial charge in [-0.05, 0) is 31.4 Å². The van der Waals surface area contributed by atoms with Crippen LogP contribution in [0, 0.1) is 5.92 Å². The Balaban J connectivity index is 1.44. The lowest BCUT2D eigenvalue weighted by atomic mass is 10.0. The van der Waals surface area contributed by atoms with Gasteiger partial charge >= 0.3 is 0 Å². The van der Waals surface area contributed by atoms with Crippen molar-refractivity contribution in [3.8, 4) is 0 Å². The van der Waals surface area contributed by atoms with Crippen LogP contribution in [0.3, 0.4) is 0 Å². The average molecular weight is 327 g/mol. The molecular weight excluding hydrogens is 302 g/mol. The number of rotatable bonds is 4. The third-order valence-electron chi connectivity index (χ3n) is 5.33. The zero-order valence-corrected chi connectivity index (χ0v) is 14.4. The van der Waals surface area contributed by atoms with Crippen molar-refractivity contribution >= 4 is 5.91 Å². The van der Waals surface area contributed by atoms with E-state index in [4.69, 9.17) is 4.42 Å². The highest BCUT2D eigenvalue weighted by Crippen LogP contribution is 2.49. The first-order valence-electron chi connectivity index (χ1n) is 9.00. The molecule has 0 N–H and O–H groups in total. The van der Waals surface area contributed by atoms with Gasteiger partial charge in [0.15, 0.2) is 0 Å². The number of carbonyl (C=O) groups excluding carboxylic acids is 1. The number of aromatic nitrogens is 2. The van der Waals surface area contributed by atoms with Gasteiger partial charge in [-0.15, -0.1) is 0 Å². The van der Waals surface area contributed by atoms with Gasteiger partial charge in [-0.3, -0.25) is 4.79 Å². The van der Waals surface area contributed by atoms with Crippen molar-refractivity contribution in [1.82, 2.24) is 14.5 Å². The maximum Gasteiger partial charge on any atom is 0.226 e. The molecule has 2 aromatic heterocycles. The van der Waals surface area contributed by atoms with Gasteiger partial charge in [-0.25, -0.2) is 4.98 Å². The number of piperidine rings is 1. The minimum absolute atomic E-state index is 0.113. The molecule has 0 bridgehead atoms. The molecule has 0 unspecified atom stereocenters. The van der Waals surface area contributed by atoms with Crippen LogP contribution < -0.4 is 0 Å². The van der Waals surface area contributed by atoms with Gasteiger partial charge in [0, 0.05) is 43.2 Å². The quantitative estimate of drug-likeness (QED) is 0.862. The highest BCUT2D eigenvalue weighted by Gasteiger charge is 2.48. The number of hydrogen-bond acceptors (Lipinski definition) is 3. The molecule has 1 aliphatic heterocycles. The fourth-order valence-corrected chi connectivity index (χ4v) is 3.98. The van der Waals surface area contributed by atoms with Crippen LogP contribution in [0.5, 0.6) is 0 Å².